The molecule has 5 rings (SSSR count). The molecular weight excluding hydrogens is 486 g/mol. The van der Waals surface area contributed by atoms with Crippen LogP contribution in [0.2, 0.25) is 20.1 Å². The average Bonchev–Trinajstić information content (AvgIpc) is 3.50. The Kier molecular flexibility index (Phi) is 9.54. The van der Waals surface area contributed by atoms with Crippen molar-refractivity contribution in [2.45, 2.75) is 20.3 Å². The first-order valence-electron chi connectivity index (χ1n) is 8.88. The maximum Gasteiger partial charge on any atom is 0.371 e. The quantitative estimate of drug-likeness (QED) is 0.280. The number of furan rings is 2. The van der Waals surface area contributed by atoms with E-state index >= 15 is 0 Å². The highest BCUT2D eigenvalue weighted by molar-refractivity contribution is 6.40. The fourth-order valence-electron chi connectivity index (χ4n) is 2.67. The second kappa shape index (κ2) is 11.7. The van der Waals surface area contributed by atoms with E-state index in [-0.39, 0.29) is 13.2 Å². The van der Waals surface area contributed by atoms with Gasteiger partial charge in [0.1, 0.15) is 0 Å². The number of fused-ring (bicyclic) bond motifs is 2. The molecule has 0 unspecified atom stereocenters. The maximum atomic E-state index is 10.6. The second-order valence-corrected chi connectivity index (χ2v) is 7.83. The summed E-state index contributed by atoms with van der Waals surface area (Å²) in [4.78, 5) is 10.6. The molecule has 3 heterocycles. The summed E-state index contributed by atoms with van der Waals surface area (Å²) in [5, 5.41) is 12.1. The molecule has 1 N–H and O–H groups in total. The molecule has 0 bridgehead atoms. The predicted molar refractivity (Wildman–Crippen MR) is 126 cm³/mol. The lowest BCUT2D eigenvalue weighted by molar-refractivity contribution is 0.0665. The molecule has 0 spiro atoms. The van der Waals surface area contributed by atoms with Crippen molar-refractivity contribution < 1.29 is 23.5 Å². The van der Waals surface area contributed by atoms with Gasteiger partial charge in [0.25, 0.3) is 0 Å². The second-order valence-electron chi connectivity index (χ2n) is 6.20. The van der Waals surface area contributed by atoms with Crippen LogP contribution in [0.4, 0.5) is 0 Å². The Morgan fingerprint density at radius 1 is 0.806 bits per heavy atom. The van der Waals surface area contributed by atoms with E-state index in [0.29, 0.717) is 36.6 Å². The zero-order valence-corrected chi connectivity index (χ0v) is 18.5. The number of hydrogen-bond donors (Lipinski definition) is 1. The van der Waals surface area contributed by atoms with Gasteiger partial charge in [-0.1, -0.05) is 53.8 Å². The molecule has 5 nitrogen and oxygen atoms in total. The topological polar surface area (TPSA) is 72.8 Å². The van der Waals surface area contributed by atoms with E-state index in [9.17, 15) is 4.79 Å². The number of benzene rings is 2. The molecule has 31 heavy (non-hydrogen) atoms. The highest BCUT2D eigenvalue weighted by Gasteiger charge is 2.14. The van der Waals surface area contributed by atoms with Gasteiger partial charge in [0, 0.05) is 30.1 Å². The Morgan fingerprint density at radius 2 is 1.35 bits per heavy atom. The Morgan fingerprint density at radius 3 is 1.84 bits per heavy atom. The molecule has 4 aromatic rings. The van der Waals surface area contributed by atoms with E-state index in [2.05, 4.69) is 0 Å². The van der Waals surface area contributed by atoms with Gasteiger partial charge in [-0.2, -0.15) is 0 Å². The number of ether oxygens (including phenoxy) is 1. The van der Waals surface area contributed by atoms with Gasteiger partial charge >= 0.3 is 5.97 Å². The molecule has 1 aliphatic heterocycles. The Labute approximate surface area is 199 Å². The van der Waals surface area contributed by atoms with Crippen molar-refractivity contribution >= 4 is 74.3 Å². The molecule has 1 saturated heterocycles. The molecule has 0 aliphatic carbocycles. The fraction of sp³-hybridized carbons (Fsp3) is 0.227. The third kappa shape index (κ3) is 6.31. The largest absolute Gasteiger partial charge is 0.475 e. The molecule has 0 radical (unpaired) electrons. The summed E-state index contributed by atoms with van der Waals surface area (Å²) in [6.45, 7) is 2.00. The molecule has 0 amide bonds. The van der Waals surface area contributed by atoms with Crippen LogP contribution in [-0.4, -0.2) is 24.3 Å². The van der Waals surface area contributed by atoms with Gasteiger partial charge in [-0.25, -0.2) is 4.79 Å². The monoisotopic (exact) mass is 504 g/mol. The lowest BCUT2D eigenvalue weighted by Gasteiger charge is -1.93. The average molecular weight is 506 g/mol. The van der Waals surface area contributed by atoms with E-state index in [1.54, 1.807) is 36.6 Å². The predicted octanol–water partition coefficient (Wildman–Crippen LogP) is 8.61. The van der Waals surface area contributed by atoms with E-state index in [0.717, 1.165) is 18.6 Å². The fourth-order valence-corrected chi connectivity index (χ4v) is 3.50. The SMILES string of the molecule is C.C1CCOC1.Clc1ccc(Cl)c2occc12.O=C(O)c1cc2c(Cl)ccc(Cl)c2o1. The molecule has 9 heteroatoms. The van der Waals surface area contributed by atoms with Crippen LogP contribution in [-0.2, 0) is 4.74 Å². The van der Waals surface area contributed by atoms with Gasteiger partial charge < -0.3 is 18.7 Å². The lowest BCUT2D eigenvalue weighted by atomic mass is 10.2. The smallest absolute Gasteiger partial charge is 0.371 e. The molecule has 1 fully saturated rings. The molecule has 2 aromatic carbocycles. The Bertz CT molecular complexity index is 1080. The number of carbonyl (C=O) groups is 1. The van der Waals surface area contributed by atoms with Gasteiger partial charge in [0.05, 0.1) is 26.4 Å². The summed E-state index contributed by atoms with van der Waals surface area (Å²) in [5.74, 6) is -1.32. The van der Waals surface area contributed by atoms with Crippen LogP contribution >= 0.6 is 46.4 Å². The molecule has 0 atom stereocenters. The van der Waals surface area contributed by atoms with Crippen molar-refractivity contribution in [3.63, 3.8) is 0 Å². The van der Waals surface area contributed by atoms with E-state index in [1.165, 1.54) is 18.9 Å². The third-order valence-electron chi connectivity index (χ3n) is 4.14. The van der Waals surface area contributed by atoms with Crippen LogP contribution in [0.25, 0.3) is 21.9 Å². The summed E-state index contributed by atoms with van der Waals surface area (Å²) in [6.07, 6.45) is 4.13. The van der Waals surface area contributed by atoms with Gasteiger partial charge in [-0.05, 0) is 43.2 Å². The summed E-state index contributed by atoms with van der Waals surface area (Å²) < 4.78 is 15.1. The standard InChI is InChI=1S/C9H4Cl2O3.C8H4Cl2O.C4H8O.CH4/c10-5-1-2-6(11)8-4(5)3-7(14-8)9(12)13;9-6-1-2-7(10)8-5(6)3-4-11-8;1-2-4-5-3-1;/h1-3H,(H,12,13);1-4H;1-4H2;1H4. The minimum atomic E-state index is -1.15. The Balaban J connectivity index is 0.000000179. The van der Waals surface area contributed by atoms with Crippen LogP contribution in [0.15, 0.2) is 51.5 Å². The van der Waals surface area contributed by atoms with Crippen molar-refractivity contribution in [3.8, 4) is 0 Å². The molecular formula is C22H20Cl4O5. The zero-order valence-electron chi connectivity index (χ0n) is 15.5. The van der Waals surface area contributed by atoms with Crippen molar-refractivity contribution in [1.82, 2.24) is 0 Å². The van der Waals surface area contributed by atoms with Crippen LogP contribution in [0.1, 0.15) is 30.8 Å². The lowest BCUT2D eigenvalue weighted by Crippen LogP contribution is -1.91. The van der Waals surface area contributed by atoms with Gasteiger partial charge in [0.15, 0.2) is 11.2 Å². The molecule has 0 saturated carbocycles. The van der Waals surface area contributed by atoms with E-state index in [1.807, 2.05) is 0 Å². The summed E-state index contributed by atoms with van der Waals surface area (Å²) in [5.41, 5.74) is 0.954. The highest BCUT2D eigenvalue weighted by Crippen LogP contribution is 2.32. The van der Waals surface area contributed by atoms with Crippen LogP contribution in [0, 0.1) is 0 Å². The maximum absolute atomic E-state index is 10.6. The first-order chi connectivity index (χ1) is 14.4. The van der Waals surface area contributed by atoms with E-state index < -0.39 is 5.97 Å². The van der Waals surface area contributed by atoms with E-state index in [4.69, 9.17) is 65.1 Å². The summed E-state index contributed by atoms with van der Waals surface area (Å²) >= 11 is 23.3. The van der Waals surface area contributed by atoms with Crippen molar-refractivity contribution in [2.24, 2.45) is 0 Å². The third-order valence-corrected chi connectivity index (χ3v) is 5.39. The summed E-state index contributed by atoms with van der Waals surface area (Å²) in [6, 6.07) is 9.77. The number of aromatic carboxylic acids is 1. The minimum absolute atomic E-state index is 0. The number of carboxylic acid groups (broad SMARTS) is 1. The normalized spacial score (nSPS) is 12.5. The molecule has 2 aromatic heterocycles. The van der Waals surface area contributed by atoms with Crippen LogP contribution in [0.3, 0.4) is 0 Å². The van der Waals surface area contributed by atoms with Crippen molar-refractivity contribution in [2.75, 3.05) is 13.2 Å². The summed E-state index contributed by atoms with van der Waals surface area (Å²) in [7, 11) is 0. The zero-order chi connectivity index (χ0) is 21.7. The first-order valence-corrected chi connectivity index (χ1v) is 10.4. The van der Waals surface area contributed by atoms with Gasteiger partial charge in [-0.3, -0.25) is 0 Å². The number of rotatable bonds is 1. The molecule has 1 aliphatic rings. The van der Waals surface area contributed by atoms with Crippen LogP contribution in [0.5, 0.6) is 0 Å². The van der Waals surface area contributed by atoms with Gasteiger partial charge in [0.2, 0.25) is 5.76 Å². The Hall–Kier alpha value is -1.89. The van der Waals surface area contributed by atoms with Crippen LogP contribution < -0.4 is 0 Å². The van der Waals surface area contributed by atoms with Gasteiger partial charge in [-0.15, -0.1) is 0 Å². The van der Waals surface area contributed by atoms with Crippen molar-refractivity contribution in [1.29, 1.82) is 0 Å². The molecule has 166 valence electrons. The van der Waals surface area contributed by atoms with Crippen molar-refractivity contribution in [3.05, 3.63) is 68.5 Å². The first kappa shape index (κ1) is 25.4. The number of carboxylic acids is 1. The highest BCUT2D eigenvalue weighted by atomic mass is 35.5. The number of hydrogen-bond acceptors (Lipinski definition) is 4. The number of halogens is 4. The minimum Gasteiger partial charge on any atom is -0.475 e.